The van der Waals surface area contributed by atoms with Crippen LogP contribution in [0.4, 0.5) is 0 Å². The quantitative estimate of drug-likeness (QED) is 0.393. The van der Waals surface area contributed by atoms with Crippen LogP contribution in [0.3, 0.4) is 0 Å². The molecule has 1 fully saturated rings. The second-order valence-corrected chi connectivity index (χ2v) is 9.81. The van der Waals surface area contributed by atoms with Gasteiger partial charge in [-0.3, -0.25) is 0 Å². The zero-order valence-corrected chi connectivity index (χ0v) is 19.3. The maximum absolute atomic E-state index is 2.49. The van der Waals surface area contributed by atoms with Crippen LogP contribution in [-0.4, -0.2) is 0 Å². The Morgan fingerprint density at radius 3 is 0.593 bits per heavy atom. The van der Waals surface area contributed by atoms with Gasteiger partial charge in [-0.05, 0) is 5.92 Å². The molecule has 27 heavy (non-hydrogen) atoms. The van der Waals surface area contributed by atoms with E-state index >= 15 is 0 Å². The smallest absolute Gasteiger partial charge is 0.0443 e. The lowest BCUT2D eigenvalue weighted by atomic mass is 9.95. The highest BCUT2D eigenvalue weighted by molar-refractivity contribution is 4.56. The highest BCUT2D eigenvalue weighted by Gasteiger charge is 2.02. The molecule has 0 spiro atoms. The Hall–Kier alpha value is 0. The van der Waals surface area contributed by atoms with E-state index in [0.29, 0.717) is 0 Å². The van der Waals surface area contributed by atoms with Gasteiger partial charge < -0.3 is 0 Å². The third-order valence-electron chi connectivity index (χ3n) is 6.89. The Balaban J connectivity index is 2.06. The molecule has 0 nitrogen and oxygen atoms in total. The van der Waals surface area contributed by atoms with Crippen LogP contribution in [0.1, 0.15) is 167 Å². The van der Waals surface area contributed by atoms with Gasteiger partial charge in [0, 0.05) is 0 Å². The summed E-state index contributed by atoms with van der Waals surface area (Å²) in [5, 5.41) is 0. The molecular formula is C27H54. The van der Waals surface area contributed by atoms with Crippen LogP contribution >= 0.6 is 0 Å². The minimum absolute atomic E-state index is 0.976. The third-order valence-corrected chi connectivity index (χ3v) is 6.89. The molecule has 0 saturated heterocycles. The maximum Gasteiger partial charge on any atom is -0.0443 e. The highest BCUT2D eigenvalue weighted by atomic mass is 14.1. The van der Waals surface area contributed by atoms with Gasteiger partial charge >= 0.3 is 0 Å². The molecule has 0 heteroatoms. The summed E-state index contributed by atoms with van der Waals surface area (Å²) < 4.78 is 0. The fourth-order valence-corrected chi connectivity index (χ4v) is 4.84. The molecule has 0 radical (unpaired) electrons. The van der Waals surface area contributed by atoms with Gasteiger partial charge in [0.05, 0.1) is 0 Å². The van der Waals surface area contributed by atoms with E-state index in [9.17, 15) is 0 Å². The van der Waals surface area contributed by atoms with E-state index in [1.807, 2.05) is 0 Å². The van der Waals surface area contributed by atoms with Crippen molar-refractivity contribution in [1.82, 2.24) is 0 Å². The molecular weight excluding hydrogens is 324 g/mol. The summed E-state index contributed by atoms with van der Waals surface area (Å²) in [5.41, 5.74) is 0. The molecule has 0 atom stereocenters. The van der Waals surface area contributed by atoms with Crippen molar-refractivity contribution in [2.45, 2.75) is 167 Å². The monoisotopic (exact) mass is 378 g/mol. The zero-order valence-electron chi connectivity index (χ0n) is 19.3. The summed E-state index contributed by atoms with van der Waals surface area (Å²) in [7, 11) is 0. The maximum atomic E-state index is 2.49. The first-order valence-electron chi connectivity index (χ1n) is 13.4. The van der Waals surface area contributed by atoms with Crippen LogP contribution in [0.5, 0.6) is 0 Å². The van der Waals surface area contributed by atoms with E-state index in [4.69, 9.17) is 0 Å². The molecule has 162 valence electrons. The first kappa shape index (κ1) is 25.0. The van der Waals surface area contributed by atoms with Crippen LogP contribution in [0.25, 0.3) is 0 Å². The number of hydrogen-bond acceptors (Lipinski definition) is 0. The van der Waals surface area contributed by atoms with E-state index in [1.54, 1.807) is 0 Å². The van der Waals surface area contributed by atoms with E-state index in [0.717, 1.165) is 5.92 Å². The first-order valence-corrected chi connectivity index (χ1v) is 13.4. The lowest BCUT2D eigenvalue weighted by Gasteiger charge is -2.11. The van der Waals surface area contributed by atoms with Gasteiger partial charge in [-0.2, -0.15) is 0 Å². The van der Waals surface area contributed by atoms with Crippen LogP contribution in [0, 0.1) is 5.92 Å². The fraction of sp³-hybridized carbons (Fsp3) is 1.00. The highest BCUT2D eigenvalue weighted by Crippen LogP contribution is 2.19. The Kier molecular flexibility index (Phi) is 19.2. The topological polar surface area (TPSA) is 0 Å². The molecule has 0 aromatic heterocycles. The molecule has 0 aromatic rings. The normalized spacial score (nSPS) is 24.3. The Morgan fingerprint density at radius 2 is 0.407 bits per heavy atom. The fourth-order valence-electron chi connectivity index (χ4n) is 4.84. The van der Waals surface area contributed by atoms with Crippen LogP contribution < -0.4 is 0 Å². The molecule has 0 unspecified atom stereocenters. The summed E-state index contributed by atoms with van der Waals surface area (Å²) in [6.45, 7) is 2.49. The van der Waals surface area contributed by atoms with Crippen molar-refractivity contribution in [2.75, 3.05) is 0 Å². The van der Waals surface area contributed by atoms with Crippen molar-refractivity contribution in [3.05, 3.63) is 0 Å². The van der Waals surface area contributed by atoms with Gasteiger partial charge in [-0.15, -0.1) is 0 Å². The van der Waals surface area contributed by atoms with E-state index < -0.39 is 0 Å². The minimum atomic E-state index is 0.976. The molecule has 0 bridgehead atoms. The Labute approximate surface area is 173 Å². The Morgan fingerprint density at radius 1 is 0.259 bits per heavy atom. The second kappa shape index (κ2) is 20.7. The summed E-state index contributed by atoms with van der Waals surface area (Å²) in [5.74, 6) is 0.976. The molecule has 0 heterocycles. The summed E-state index contributed by atoms with van der Waals surface area (Å²) in [4.78, 5) is 0. The summed E-state index contributed by atoms with van der Waals surface area (Å²) in [6, 6.07) is 0. The minimum Gasteiger partial charge on any atom is -0.0625 e. The van der Waals surface area contributed by atoms with Gasteiger partial charge in [0.2, 0.25) is 0 Å². The third kappa shape index (κ3) is 19.1. The van der Waals surface area contributed by atoms with Crippen molar-refractivity contribution in [1.29, 1.82) is 0 Å². The zero-order chi connectivity index (χ0) is 19.3. The molecule has 0 N–H and O–H groups in total. The lowest BCUT2D eigenvalue weighted by molar-refractivity contribution is 0.429. The molecule has 1 aliphatic carbocycles. The second-order valence-electron chi connectivity index (χ2n) is 9.81. The average molecular weight is 379 g/mol. The Bertz CT molecular complexity index is 243. The van der Waals surface area contributed by atoms with Crippen molar-refractivity contribution >= 4 is 0 Å². The van der Waals surface area contributed by atoms with Gasteiger partial charge in [0.25, 0.3) is 0 Å². The largest absolute Gasteiger partial charge is 0.0625 e. The first-order chi connectivity index (χ1) is 13.4. The van der Waals surface area contributed by atoms with Gasteiger partial charge in [0.15, 0.2) is 0 Å². The van der Waals surface area contributed by atoms with Crippen molar-refractivity contribution in [2.24, 2.45) is 5.92 Å². The van der Waals surface area contributed by atoms with Crippen molar-refractivity contribution < 1.29 is 0 Å². The van der Waals surface area contributed by atoms with Gasteiger partial charge in [0.1, 0.15) is 0 Å². The molecule has 1 aliphatic rings. The van der Waals surface area contributed by atoms with Crippen molar-refractivity contribution in [3.63, 3.8) is 0 Å². The van der Waals surface area contributed by atoms with Crippen molar-refractivity contribution in [3.8, 4) is 0 Å². The van der Waals surface area contributed by atoms with Crippen LogP contribution in [0.2, 0.25) is 0 Å². The molecule has 0 aromatic carbocycles. The number of rotatable bonds is 0. The SMILES string of the molecule is CC1CCCCCCCCCCCCCCCCCCCCCCCCC1. The van der Waals surface area contributed by atoms with Crippen LogP contribution in [0.15, 0.2) is 0 Å². The summed E-state index contributed by atoms with van der Waals surface area (Å²) >= 11 is 0. The van der Waals surface area contributed by atoms with Gasteiger partial charge in [-0.25, -0.2) is 0 Å². The van der Waals surface area contributed by atoms with E-state index in [1.165, 1.54) is 161 Å². The number of hydrogen-bond donors (Lipinski definition) is 0. The molecule has 1 rings (SSSR count). The lowest BCUT2D eigenvalue weighted by Crippen LogP contribution is -1.95. The standard InChI is InChI=1S/C27H54/c1-27-25-23-21-19-17-15-13-11-9-7-5-3-2-4-6-8-10-12-14-16-18-20-22-24-26-27/h27H,2-26H2,1H3. The molecule has 0 aliphatic heterocycles. The van der Waals surface area contributed by atoms with E-state index in [2.05, 4.69) is 6.92 Å². The average Bonchev–Trinajstić information content (AvgIpc) is 2.67. The predicted molar refractivity (Wildman–Crippen MR) is 125 cm³/mol. The summed E-state index contributed by atoms with van der Waals surface area (Å²) in [6.07, 6.45) is 37.4. The van der Waals surface area contributed by atoms with Crippen LogP contribution in [-0.2, 0) is 0 Å². The predicted octanol–water partition coefficient (Wildman–Crippen LogP) is 10.4. The molecule has 1 saturated carbocycles. The van der Waals surface area contributed by atoms with E-state index in [-0.39, 0.29) is 0 Å². The van der Waals surface area contributed by atoms with Gasteiger partial charge in [-0.1, -0.05) is 167 Å². The molecule has 0 amide bonds.